The van der Waals surface area contributed by atoms with Gasteiger partial charge in [-0.3, -0.25) is 9.59 Å². The molecule has 3 amide bonds. The third-order valence-electron chi connectivity index (χ3n) is 3.33. The molecule has 1 rings (SSSR count). The average Bonchev–Trinajstić information content (AvgIpc) is 2.41. The van der Waals surface area contributed by atoms with E-state index in [0.29, 0.717) is 19.6 Å². The summed E-state index contributed by atoms with van der Waals surface area (Å²) in [6.07, 6.45) is 1.13. The molecule has 1 aliphatic heterocycles. The lowest BCUT2D eigenvalue weighted by atomic mass is 9.97. The van der Waals surface area contributed by atoms with Crippen molar-refractivity contribution in [3.05, 3.63) is 0 Å². The number of nitrogens with one attached hydrogen (secondary N) is 2. The highest BCUT2D eigenvalue weighted by Gasteiger charge is 2.26. The van der Waals surface area contributed by atoms with Crippen LogP contribution in [0.1, 0.15) is 40.5 Å². The number of carbonyl (C=O) groups excluding carboxylic acids is 3. The minimum absolute atomic E-state index is 0.00379. The third kappa shape index (κ3) is 6.78. The number of piperidine rings is 1. The van der Waals surface area contributed by atoms with Crippen LogP contribution in [0.3, 0.4) is 0 Å². The lowest BCUT2D eigenvalue weighted by Gasteiger charge is -2.31. The molecule has 0 aliphatic carbocycles. The Morgan fingerprint density at radius 3 is 2.41 bits per heavy atom. The number of ether oxygens (including phenoxy) is 1. The molecule has 0 spiro atoms. The summed E-state index contributed by atoms with van der Waals surface area (Å²) in [6, 6.07) is 0. The molecular formula is C15H27N3O4. The molecule has 1 aliphatic rings. The van der Waals surface area contributed by atoms with E-state index in [0.717, 1.165) is 19.4 Å². The Hall–Kier alpha value is -1.79. The second kappa shape index (κ2) is 8.00. The third-order valence-corrected chi connectivity index (χ3v) is 3.33. The molecule has 0 saturated carbocycles. The Morgan fingerprint density at radius 1 is 1.18 bits per heavy atom. The van der Waals surface area contributed by atoms with Crippen molar-refractivity contribution in [1.29, 1.82) is 0 Å². The molecule has 1 atom stereocenters. The van der Waals surface area contributed by atoms with E-state index in [1.54, 1.807) is 25.7 Å². The van der Waals surface area contributed by atoms with E-state index in [2.05, 4.69) is 10.6 Å². The Labute approximate surface area is 131 Å². The molecule has 1 saturated heterocycles. The maximum atomic E-state index is 12.0. The number of rotatable bonds is 4. The molecule has 0 aromatic heterocycles. The number of hydrogen-bond acceptors (Lipinski definition) is 4. The molecule has 2 N–H and O–H groups in total. The quantitative estimate of drug-likeness (QED) is 0.754. The number of hydrogen-bond donors (Lipinski definition) is 2. The van der Waals surface area contributed by atoms with E-state index < -0.39 is 11.7 Å². The molecule has 1 fully saturated rings. The van der Waals surface area contributed by atoms with Crippen molar-refractivity contribution in [2.45, 2.75) is 46.1 Å². The molecule has 7 heteroatoms. The summed E-state index contributed by atoms with van der Waals surface area (Å²) in [6.45, 7) is 8.73. The number of carbonyl (C=O) groups is 3. The first-order valence-electron chi connectivity index (χ1n) is 7.69. The summed E-state index contributed by atoms with van der Waals surface area (Å²) < 4.78 is 5.09. The standard InChI is InChI=1S/C15H27N3O4/c1-11(19)18-9-5-6-12(10-18)13(20)16-7-8-17-14(21)22-15(2,3)4/h12H,5-10H2,1-4H3,(H,16,20)(H,17,21)/t12-/m1/s1. The van der Waals surface area contributed by atoms with Crippen LogP contribution in [-0.4, -0.2) is 54.6 Å². The van der Waals surface area contributed by atoms with E-state index in [-0.39, 0.29) is 17.7 Å². The first kappa shape index (κ1) is 18.3. The molecule has 0 aromatic carbocycles. The summed E-state index contributed by atoms with van der Waals surface area (Å²) >= 11 is 0. The molecule has 0 bridgehead atoms. The van der Waals surface area contributed by atoms with Crippen molar-refractivity contribution in [3.8, 4) is 0 Å². The number of amides is 3. The maximum absolute atomic E-state index is 12.0. The summed E-state index contributed by atoms with van der Waals surface area (Å²) in [5, 5.41) is 5.37. The molecule has 0 unspecified atom stereocenters. The summed E-state index contributed by atoms with van der Waals surface area (Å²) in [4.78, 5) is 36.5. The van der Waals surface area contributed by atoms with Crippen molar-refractivity contribution in [2.75, 3.05) is 26.2 Å². The molecule has 126 valence electrons. The largest absolute Gasteiger partial charge is 0.444 e. The van der Waals surface area contributed by atoms with Crippen LogP contribution in [-0.2, 0) is 14.3 Å². The minimum Gasteiger partial charge on any atom is -0.444 e. The predicted molar refractivity (Wildman–Crippen MR) is 82.2 cm³/mol. The highest BCUT2D eigenvalue weighted by Crippen LogP contribution is 2.16. The number of alkyl carbamates (subject to hydrolysis) is 1. The van der Waals surface area contributed by atoms with Gasteiger partial charge in [0.1, 0.15) is 5.60 Å². The van der Waals surface area contributed by atoms with Crippen LogP contribution in [0.4, 0.5) is 4.79 Å². The van der Waals surface area contributed by atoms with Crippen LogP contribution in [0, 0.1) is 5.92 Å². The summed E-state index contributed by atoms with van der Waals surface area (Å²) in [5.41, 5.74) is -0.536. The Balaban J connectivity index is 2.23. The fraction of sp³-hybridized carbons (Fsp3) is 0.800. The summed E-state index contributed by atoms with van der Waals surface area (Å²) in [5.74, 6) is -0.236. The molecule has 22 heavy (non-hydrogen) atoms. The van der Waals surface area contributed by atoms with E-state index >= 15 is 0 Å². The highest BCUT2D eigenvalue weighted by molar-refractivity contribution is 5.80. The smallest absolute Gasteiger partial charge is 0.407 e. The number of nitrogens with zero attached hydrogens (tertiary/aromatic N) is 1. The SMILES string of the molecule is CC(=O)N1CCC[C@@H](C(=O)NCCNC(=O)OC(C)(C)C)C1. The maximum Gasteiger partial charge on any atom is 0.407 e. The van der Waals surface area contributed by atoms with Gasteiger partial charge in [-0.25, -0.2) is 4.79 Å². The highest BCUT2D eigenvalue weighted by atomic mass is 16.6. The first-order chi connectivity index (χ1) is 10.2. The Bertz CT molecular complexity index is 418. The van der Waals surface area contributed by atoms with Crippen LogP contribution < -0.4 is 10.6 Å². The van der Waals surface area contributed by atoms with Crippen LogP contribution in [0.15, 0.2) is 0 Å². The van der Waals surface area contributed by atoms with Crippen LogP contribution in [0.25, 0.3) is 0 Å². The zero-order valence-corrected chi connectivity index (χ0v) is 13.9. The van der Waals surface area contributed by atoms with Crippen molar-refractivity contribution < 1.29 is 19.1 Å². The van der Waals surface area contributed by atoms with Crippen LogP contribution >= 0.6 is 0 Å². The van der Waals surface area contributed by atoms with Gasteiger partial charge in [-0.1, -0.05) is 0 Å². The molecule has 0 aromatic rings. The first-order valence-corrected chi connectivity index (χ1v) is 7.69. The molecule has 1 heterocycles. The van der Waals surface area contributed by atoms with Gasteiger partial charge in [-0.05, 0) is 33.6 Å². The topological polar surface area (TPSA) is 87.7 Å². The number of likely N-dealkylation sites (tertiary alicyclic amines) is 1. The van der Waals surface area contributed by atoms with E-state index in [1.165, 1.54) is 6.92 Å². The van der Waals surface area contributed by atoms with Crippen molar-refractivity contribution in [3.63, 3.8) is 0 Å². The van der Waals surface area contributed by atoms with Gasteiger partial charge in [0.15, 0.2) is 0 Å². The second-order valence-corrected chi connectivity index (χ2v) is 6.52. The van der Waals surface area contributed by atoms with Crippen molar-refractivity contribution in [2.24, 2.45) is 5.92 Å². The van der Waals surface area contributed by atoms with Gasteiger partial charge in [-0.2, -0.15) is 0 Å². The van der Waals surface area contributed by atoms with Gasteiger partial charge in [-0.15, -0.1) is 0 Å². The zero-order valence-electron chi connectivity index (χ0n) is 13.9. The van der Waals surface area contributed by atoms with Gasteiger partial charge in [0.2, 0.25) is 11.8 Å². The Morgan fingerprint density at radius 2 is 1.82 bits per heavy atom. The lowest BCUT2D eigenvalue weighted by molar-refractivity contribution is -0.133. The monoisotopic (exact) mass is 313 g/mol. The van der Waals surface area contributed by atoms with Gasteiger partial charge < -0.3 is 20.3 Å². The average molecular weight is 313 g/mol. The van der Waals surface area contributed by atoms with Crippen molar-refractivity contribution in [1.82, 2.24) is 15.5 Å². The van der Waals surface area contributed by atoms with Crippen molar-refractivity contribution >= 4 is 17.9 Å². The lowest BCUT2D eigenvalue weighted by Crippen LogP contribution is -2.46. The molecule has 0 radical (unpaired) electrons. The predicted octanol–water partition coefficient (Wildman–Crippen LogP) is 0.886. The zero-order chi connectivity index (χ0) is 16.8. The van der Waals surface area contributed by atoms with Gasteiger partial charge >= 0.3 is 6.09 Å². The fourth-order valence-electron chi connectivity index (χ4n) is 2.29. The summed E-state index contributed by atoms with van der Waals surface area (Å²) in [7, 11) is 0. The van der Waals surface area contributed by atoms with Crippen LogP contribution in [0.5, 0.6) is 0 Å². The van der Waals surface area contributed by atoms with Gasteiger partial charge in [0.25, 0.3) is 0 Å². The fourth-order valence-corrected chi connectivity index (χ4v) is 2.29. The Kier molecular flexibility index (Phi) is 6.64. The van der Waals surface area contributed by atoms with E-state index in [1.807, 2.05) is 0 Å². The van der Waals surface area contributed by atoms with Crippen LogP contribution in [0.2, 0.25) is 0 Å². The minimum atomic E-state index is -0.536. The van der Waals surface area contributed by atoms with Gasteiger partial charge in [0.05, 0.1) is 5.92 Å². The second-order valence-electron chi connectivity index (χ2n) is 6.52. The molecular weight excluding hydrogens is 286 g/mol. The van der Waals surface area contributed by atoms with E-state index in [9.17, 15) is 14.4 Å². The van der Waals surface area contributed by atoms with E-state index in [4.69, 9.17) is 4.74 Å². The normalized spacial score (nSPS) is 18.5. The van der Waals surface area contributed by atoms with Gasteiger partial charge in [0, 0.05) is 33.1 Å². The molecule has 7 nitrogen and oxygen atoms in total.